The maximum Gasteiger partial charge on any atom is 0.291 e. The number of hydrogen-bond donors (Lipinski definition) is 4. The molecule has 576 valence electrons. The highest BCUT2D eigenvalue weighted by Crippen LogP contribution is 2.34. The van der Waals surface area contributed by atoms with Crippen molar-refractivity contribution in [1.29, 1.82) is 0 Å². The molecule has 12 heterocycles. The van der Waals surface area contributed by atoms with Gasteiger partial charge in [0.05, 0.1) is 22.7 Å². The molecule has 112 heavy (non-hydrogen) atoms. The van der Waals surface area contributed by atoms with Crippen molar-refractivity contribution in [2.45, 2.75) is 103 Å². The normalized spacial score (nSPS) is 16.5. The number of fused-ring (bicyclic) bond motifs is 8. The lowest BCUT2D eigenvalue weighted by Gasteiger charge is -2.19. The lowest BCUT2D eigenvalue weighted by molar-refractivity contribution is -0.121. The Bertz CT molecular complexity index is 5220. The van der Waals surface area contributed by atoms with Crippen molar-refractivity contribution in [3.05, 3.63) is 216 Å². The van der Waals surface area contributed by atoms with Gasteiger partial charge >= 0.3 is 0 Å². The van der Waals surface area contributed by atoms with Crippen LogP contribution in [0, 0.1) is 0 Å². The maximum absolute atomic E-state index is 12.8. The molecule has 0 unspecified atom stereocenters. The van der Waals surface area contributed by atoms with Crippen molar-refractivity contribution in [3.63, 3.8) is 0 Å². The second-order valence-electron chi connectivity index (χ2n) is 27.4. The Morgan fingerprint density at radius 1 is 0.348 bits per heavy atom. The third-order valence-corrected chi connectivity index (χ3v) is 18.9. The van der Waals surface area contributed by atoms with Gasteiger partial charge in [-0.05, 0) is 122 Å². The first-order valence-corrected chi connectivity index (χ1v) is 36.7. The van der Waals surface area contributed by atoms with E-state index >= 15 is 0 Å². The second kappa shape index (κ2) is 33.4. The van der Waals surface area contributed by atoms with E-state index in [0.29, 0.717) is 68.3 Å². The van der Waals surface area contributed by atoms with Gasteiger partial charge in [-0.2, -0.15) is 0 Å². The van der Waals surface area contributed by atoms with Crippen molar-refractivity contribution in [2.75, 3.05) is 74.2 Å². The van der Waals surface area contributed by atoms with E-state index in [1.807, 2.05) is 125 Å². The van der Waals surface area contributed by atoms with Gasteiger partial charge in [-0.15, -0.1) is 20.4 Å². The molecule has 32 nitrogen and oxygen atoms in total. The van der Waals surface area contributed by atoms with Gasteiger partial charge in [0.1, 0.15) is 73.6 Å². The smallest absolute Gasteiger partial charge is 0.291 e. The number of nitrogens with one attached hydrogen (secondary N) is 4. The van der Waals surface area contributed by atoms with Gasteiger partial charge < -0.3 is 59.8 Å². The Hall–Kier alpha value is -13.7. The molecular weight excluding hydrogens is 1430 g/mol. The second-order valence-corrected chi connectivity index (χ2v) is 27.4. The van der Waals surface area contributed by atoms with E-state index in [-0.39, 0.29) is 85.2 Å². The number of aromatic nitrogens is 12. The molecule has 4 N–H and O–H groups in total. The third-order valence-electron chi connectivity index (χ3n) is 18.9. The number of nitrogens with zero attached hydrogens (tertiary/aromatic N) is 16. The molecule has 0 fully saturated rings. The van der Waals surface area contributed by atoms with Crippen LogP contribution in [0.2, 0.25) is 0 Å². The number of para-hydroxylation sites is 8. The molecule has 0 saturated heterocycles. The average Bonchev–Trinajstić information content (AvgIpc) is 1.66. The summed E-state index contributed by atoms with van der Waals surface area (Å²) in [6.07, 6.45) is 3.59. The first-order valence-electron chi connectivity index (χ1n) is 36.7. The summed E-state index contributed by atoms with van der Waals surface area (Å²) in [5.41, 5.74) is 8.90. The van der Waals surface area contributed by atoms with Gasteiger partial charge in [-0.25, -0.2) is 38.0 Å². The quantitative estimate of drug-likeness (QED) is 0.0810. The van der Waals surface area contributed by atoms with Gasteiger partial charge in [0, 0.05) is 51.0 Å². The summed E-state index contributed by atoms with van der Waals surface area (Å²) in [6.45, 7) is 12.5. The molecule has 4 aliphatic rings. The molecule has 0 aliphatic carbocycles. The standard InChI is InChI=1S/4C20H21N5O3/c2*1-12(2)14-8-6-10-17-22-18(23-25(14)17)19(26)21-13-11-28-16-9-5-4-7-15(16)24(3)20(13)27;2*1-3-7-13-8-6-11-17-22-18(23-25(13)17)19(26)21-14-12-28-16-10-5-4-9-15(16)24(2)20(14)27/h2*4-10,12-13H,11H2,1-3H3,(H,21,26);2*4-6,8-11,14H,3,7,12H2,1-2H3,(H,21,26)/t2*13-;2*14-/m0000/s1. The highest BCUT2D eigenvalue weighted by atomic mass is 16.5. The number of benzene rings is 4. The predicted molar refractivity (Wildman–Crippen MR) is 415 cm³/mol. The Morgan fingerprint density at radius 2 is 0.589 bits per heavy atom. The Kier molecular flexibility index (Phi) is 22.8. The highest BCUT2D eigenvalue weighted by molar-refractivity contribution is 6.05. The molecule has 4 atom stereocenters. The molecule has 32 heteroatoms. The van der Waals surface area contributed by atoms with Crippen LogP contribution >= 0.6 is 0 Å². The Balaban J connectivity index is 0.000000131. The minimum Gasteiger partial charge on any atom is -0.489 e. The number of amides is 8. The summed E-state index contributed by atoms with van der Waals surface area (Å²) in [4.78, 5) is 125. The summed E-state index contributed by atoms with van der Waals surface area (Å²) in [6, 6.07) is 48.3. The van der Waals surface area contributed by atoms with Crippen molar-refractivity contribution < 1.29 is 57.3 Å². The Morgan fingerprint density at radius 3 is 0.848 bits per heavy atom. The lowest BCUT2D eigenvalue weighted by atomic mass is 10.1. The monoisotopic (exact) mass is 1520 g/mol. The minimum absolute atomic E-state index is 0.0188. The molecule has 4 aliphatic heterocycles. The number of pyridine rings is 4. The first kappa shape index (κ1) is 76.5. The summed E-state index contributed by atoms with van der Waals surface area (Å²) < 4.78 is 29.6. The lowest BCUT2D eigenvalue weighted by Crippen LogP contribution is -2.49. The van der Waals surface area contributed by atoms with E-state index < -0.39 is 47.8 Å². The van der Waals surface area contributed by atoms with Gasteiger partial charge in [-0.1, -0.05) is 127 Å². The van der Waals surface area contributed by atoms with Crippen molar-refractivity contribution in [2.24, 2.45) is 0 Å². The van der Waals surface area contributed by atoms with E-state index in [1.165, 1.54) is 19.6 Å². The molecule has 8 amide bonds. The number of anilines is 4. The number of rotatable bonds is 14. The number of aryl methyl sites for hydroxylation is 2. The van der Waals surface area contributed by atoms with Crippen LogP contribution in [0.5, 0.6) is 23.0 Å². The fourth-order valence-corrected chi connectivity index (χ4v) is 13.0. The number of likely N-dealkylation sites (N-methyl/N-ethyl adjacent to an activating group) is 4. The van der Waals surface area contributed by atoms with Crippen molar-refractivity contribution in [1.82, 2.24) is 79.7 Å². The molecular formula is C80H84N20O12. The average molecular weight is 1520 g/mol. The molecule has 0 saturated carbocycles. The van der Waals surface area contributed by atoms with E-state index in [1.54, 1.807) is 119 Å². The van der Waals surface area contributed by atoms with Crippen LogP contribution in [0.15, 0.2) is 170 Å². The summed E-state index contributed by atoms with van der Waals surface area (Å²) in [5.74, 6) is -0.121. The zero-order valence-corrected chi connectivity index (χ0v) is 63.3. The summed E-state index contributed by atoms with van der Waals surface area (Å²) in [5, 5.41) is 28.2. The summed E-state index contributed by atoms with van der Waals surface area (Å²) in [7, 11) is 6.64. The van der Waals surface area contributed by atoms with Gasteiger partial charge in [0.2, 0.25) is 23.3 Å². The van der Waals surface area contributed by atoms with Gasteiger partial charge in [0.25, 0.3) is 47.3 Å². The zero-order valence-electron chi connectivity index (χ0n) is 63.3. The van der Waals surface area contributed by atoms with Crippen LogP contribution in [-0.4, -0.2) is 184 Å². The third kappa shape index (κ3) is 16.2. The molecule has 0 bridgehead atoms. The maximum atomic E-state index is 12.8. The number of carbonyl (C=O) groups is 8. The van der Waals surface area contributed by atoms with Gasteiger partial charge in [-0.3, -0.25) is 38.4 Å². The number of ether oxygens (including phenoxy) is 4. The van der Waals surface area contributed by atoms with Crippen LogP contribution in [-0.2, 0) is 32.0 Å². The first-order chi connectivity index (χ1) is 54.1. The van der Waals surface area contributed by atoms with Gasteiger partial charge in [0.15, 0.2) is 22.6 Å². The summed E-state index contributed by atoms with van der Waals surface area (Å²) >= 11 is 0. The van der Waals surface area contributed by atoms with E-state index in [9.17, 15) is 38.4 Å². The molecule has 4 aromatic carbocycles. The van der Waals surface area contributed by atoms with Crippen molar-refractivity contribution >= 4 is 92.6 Å². The molecule has 16 rings (SSSR count). The topological polar surface area (TPSA) is 355 Å². The largest absolute Gasteiger partial charge is 0.489 e. The highest BCUT2D eigenvalue weighted by Gasteiger charge is 2.37. The van der Waals surface area contributed by atoms with Crippen LogP contribution in [0.25, 0.3) is 22.6 Å². The molecule has 0 spiro atoms. The fourth-order valence-electron chi connectivity index (χ4n) is 13.0. The van der Waals surface area contributed by atoms with E-state index in [2.05, 4.69) is 75.4 Å². The molecule has 0 radical (unpaired) electrons. The van der Waals surface area contributed by atoms with Crippen molar-refractivity contribution in [3.8, 4) is 23.0 Å². The number of carbonyl (C=O) groups excluding carboxylic acids is 8. The SMILES string of the molecule is CC(C)c1cccc2nc(C(=O)N[C@H]3COc4ccccc4N(C)C3=O)nn12.CC(C)c1cccc2nc(C(=O)N[C@H]3COc4ccccc4N(C)C3=O)nn12.CCCc1cccc2nc(C(=O)N[C@H]3COc4ccccc4N(C)C3=O)nn12.CCCc1cccc2nc(C(=O)N[C@H]3COc4ccccc4N(C)C3=O)nn12. The van der Waals surface area contributed by atoms with Crippen LogP contribution in [0.1, 0.15) is 131 Å². The van der Waals surface area contributed by atoms with Crippen LogP contribution < -0.4 is 59.8 Å². The van der Waals surface area contributed by atoms with Crippen LogP contribution in [0.4, 0.5) is 22.7 Å². The minimum atomic E-state index is -0.832. The van der Waals surface area contributed by atoms with E-state index in [0.717, 1.165) is 48.5 Å². The number of hydrogen-bond acceptors (Lipinski definition) is 20. The Labute approximate surface area is 643 Å². The van der Waals surface area contributed by atoms with E-state index in [4.69, 9.17) is 18.9 Å². The zero-order chi connectivity index (χ0) is 79.0. The van der Waals surface area contributed by atoms with Crippen LogP contribution in [0.3, 0.4) is 0 Å². The molecule has 12 aromatic rings. The fraction of sp³-hybridized carbons (Fsp3) is 0.300. The molecule has 8 aromatic heterocycles. The predicted octanol–water partition coefficient (Wildman–Crippen LogP) is 7.68.